The molecule has 1 amide bonds. The minimum atomic E-state index is -0.293. The third-order valence-electron chi connectivity index (χ3n) is 4.05. The number of aryl methyl sites for hydroxylation is 3. The molecule has 4 nitrogen and oxygen atoms in total. The predicted molar refractivity (Wildman–Crippen MR) is 103 cm³/mol. The van der Waals surface area contributed by atoms with E-state index in [1.54, 1.807) is 18.2 Å². The highest BCUT2D eigenvalue weighted by Gasteiger charge is 2.14. The van der Waals surface area contributed by atoms with Gasteiger partial charge < -0.3 is 14.5 Å². The molecule has 3 rings (SSSR count). The first kappa shape index (κ1) is 18.1. The van der Waals surface area contributed by atoms with Crippen molar-refractivity contribution in [2.24, 2.45) is 0 Å². The molecule has 134 valence electrons. The number of ether oxygens (including phenoxy) is 1. The summed E-state index contributed by atoms with van der Waals surface area (Å²) in [6, 6.07) is 14.8. The lowest BCUT2D eigenvalue weighted by Crippen LogP contribution is -2.12. The van der Waals surface area contributed by atoms with E-state index >= 15 is 0 Å². The Balaban J connectivity index is 1.67. The number of rotatable bonds is 5. The SMILES string of the molecule is Cc1ccc(C)c(NC(=O)c2ccc(COc3c(C)cccc3Cl)o2)c1. The minimum Gasteiger partial charge on any atom is -0.484 e. The topological polar surface area (TPSA) is 51.5 Å². The molecule has 0 fully saturated rings. The molecular weight excluding hydrogens is 350 g/mol. The Morgan fingerprint density at radius 1 is 1.08 bits per heavy atom. The smallest absolute Gasteiger partial charge is 0.291 e. The van der Waals surface area contributed by atoms with Crippen molar-refractivity contribution < 1.29 is 13.9 Å². The molecule has 2 aromatic carbocycles. The number of para-hydroxylation sites is 1. The number of hydrogen-bond acceptors (Lipinski definition) is 3. The van der Waals surface area contributed by atoms with Gasteiger partial charge in [-0.2, -0.15) is 0 Å². The lowest BCUT2D eigenvalue weighted by atomic mass is 10.1. The van der Waals surface area contributed by atoms with Crippen LogP contribution in [0.3, 0.4) is 0 Å². The van der Waals surface area contributed by atoms with Crippen LogP contribution < -0.4 is 10.1 Å². The van der Waals surface area contributed by atoms with Gasteiger partial charge >= 0.3 is 0 Å². The minimum absolute atomic E-state index is 0.196. The van der Waals surface area contributed by atoms with Crippen LogP contribution in [0.25, 0.3) is 0 Å². The average Bonchev–Trinajstić information content (AvgIpc) is 3.07. The van der Waals surface area contributed by atoms with Crippen molar-refractivity contribution in [3.63, 3.8) is 0 Å². The molecule has 0 saturated heterocycles. The third-order valence-corrected chi connectivity index (χ3v) is 4.35. The van der Waals surface area contributed by atoms with Gasteiger partial charge in [0.2, 0.25) is 0 Å². The Kier molecular flexibility index (Phi) is 5.33. The van der Waals surface area contributed by atoms with Gasteiger partial charge in [-0.1, -0.05) is 35.9 Å². The lowest BCUT2D eigenvalue weighted by molar-refractivity contribution is 0.0992. The highest BCUT2D eigenvalue weighted by atomic mass is 35.5. The fourth-order valence-corrected chi connectivity index (χ4v) is 2.85. The first-order chi connectivity index (χ1) is 12.4. The Labute approximate surface area is 157 Å². The maximum Gasteiger partial charge on any atom is 0.291 e. The largest absolute Gasteiger partial charge is 0.484 e. The summed E-state index contributed by atoms with van der Waals surface area (Å²) in [4.78, 5) is 12.4. The maximum atomic E-state index is 12.4. The van der Waals surface area contributed by atoms with Gasteiger partial charge in [-0.3, -0.25) is 4.79 Å². The first-order valence-corrected chi connectivity index (χ1v) is 8.67. The molecule has 0 atom stereocenters. The van der Waals surface area contributed by atoms with Gasteiger partial charge in [-0.15, -0.1) is 0 Å². The monoisotopic (exact) mass is 369 g/mol. The van der Waals surface area contributed by atoms with Crippen molar-refractivity contribution in [3.8, 4) is 5.75 Å². The van der Waals surface area contributed by atoms with Crippen molar-refractivity contribution >= 4 is 23.2 Å². The second kappa shape index (κ2) is 7.67. The van der Waals surface area contributed by atoms with Crippen LogP contribution in [0.1, 0.15) is 33.0 Å². The number of nitrogens with one attached hydrogen (secondary N) is 1. The highest BCUT2D eigenvalue weighted by Crippen LogP contribution is 2.29. The zero-order valence-electron chi connectivity index (χ0n) is 14.9. The van der Waals surface area contributed by atoms with E-state index < -0.39 is 0 Å². The molecule has 0 aliphatic carbocycles. The molecule has 0 saturated carbocycles. The average molecular weight is 370 g/mol. The quantitative estimate of drug-likeness (QED) is 0.628. The van der Waals surface area contributed by atoms with Crippen LogP contribution in [-0.4, -0.2) is 5.91 Å². The Hall–Kier alpha value is -2.72. The van der Waals surface area contributed by atoms with E-state index in [-0.39, 0.29) is 18.3 Å². The number of carbonyl (C=O) groups is 1. The second-order valence-corrected chi connectivity index (χ2v) is 6.62. The fraction of sp³-hybridized carbons (Fsp3) is 0.190. The molecule has 0 bridgehead atoms. The molecule has 1 aromatic heterocycles. The van der Waals surface area contributed by atoms with Crippen molar-refractivity contribution in [2.75, 3.05) is 5.32 Å². The van der Waals surface area contributed by atoms with E-state index in [4.69, 9.17) is 20.8 Å². The summed E-state index contributed by atoms with van der Waals surface area (Å²) in [5.41, 5.74) is 3.79. The predicted octanol–water partition coefficient (Wildman–Crippen LogP) is 5.69. The van der Waals surface area contributed by atoms with E-state index in [2.05, 4.69) is 5.32 Å². The first-order valence-electron chi connectivity index (χ1n) is 8.29. The normalized spacial score (nSPS) is 10.6. The van der Waals surface area contributed by atoms with Gasteiger partial charge in [-0.05, 0) is 61.7 Å². The van der Waals surface area contributed by atoms with Crippen molar-refractivity contribution in [1.29, 1.82) is 0 Å². The van der Waals surface area contributed by atoms with Gasteiger partial charge in [0.15, 0.2) is 5.76 Å². The van der Waals surface area contributed by atoms with E-state index in [0.717, 1.165) is 22.4 Å². The number of anilines is 1. The molecule has 0 aliphatic rings. The van der Waals surface area contributed by atoms with E-state index in [0.29, 0.717) is 16.5 Å². The molecule has 0 spiro atoms. The van der Waals surface area contributed by atoms with Gasteiger partial charge in [0.1, 0.15) is 18.1 Å². The number of carbonyl (C=O) groups excluding carboxylic acids is 1. The maximum absolute atomic E-state index is 12.4. The molecule has 1 heterocycles. The second-order valence-electron chi connectivity index (χ2n) is 6.21. The molecule has 26 heavy (non-hydrogen) atoms. The van der Waals surface area contributed by atoms with E-state index in [1.165, 1.54) is 0 Å². The molecule has 3 aromatic rings. The summed E-state index contributed by atoms with van der Waals surface area (Å²) in [6.07, 6.45) is 0. The fourth-order valence-electron chi connectivity index (χ4n) is 2.57. The van der Waals surface area contributed by atoms with Gasteiger partial charge in [0.05, 0.1) is 5.02 Å². The van der Waals surface area contributed by atoms with Crippen molar-refractivity contribution in [3.05, 3.63) is 81.8 Å². The van der Waals surface area contributed by atoms with Gasteiger partial charge in [0.25, 0.3) is 5.91 Å². The summed E-state index contributed by atoms with van der Waals surface area (Å²) in [6.45, 7) is 6.05. The number of halogens is 1. The zero-order valence-corrected chi connectivity index (χ0v) is 15.7. The Morgan fingerprint density at radius 3 is 2.65 bits per heavy atom. The van der Waals surface area contributed by atoms with Crippen molar-refractivity contribution in [2.45, 2.75) is 27.4 Å². The van der Waals surface area contributed by atoms with Crippen LogP contribution >= 0.6 is 11.6 Å². The standard InChI is InChI=1S/C21H20ClNO3/c1-13-7-8-14(2)18(11-13)23-21(24)19-10-9-16(26-19)12-25-20-15(3)5-4-6-17(20)22/h4-11H,12H2,1-3H3,(H,23,24). The van der Waals surface area contributed by atoms with Crippen LogP contribution in [0.2, 0.25) is 5.02 Å². The van der Waals surface area contributed by atoms with E-state index in [1.807, 2.05) is 51.1 Å². The summed E-state index contributed by atoms with van der Waals surface area (Å²) in [7, 11) is 0. The number of hydrogen-bond donors (Lipinski definition) is 1. The molecule has 0 aliphatic heterocycles. The zero-order chi connectivity index (χ0) is 18.7. The summed E-state index contributed by atoms with van der Waals surface area (Å²) >= 11 is 6.15. The highest BCUT2D eigenvalue weighted by molar-refractivity contribution is 6.32. The van der Waals surface area contributed by atoms with Crippen LogP contribution in [-0.2, 0) is 6.61 Å². The Bertz CT molecular complexity index is 926. The molecule has 0 unspecified atom stereocenters. The van der Waals surface area contributed by atoms with Crippen LogP contribution in [0.5, 0.6) is 5.75 Å². The lowest BCUT2D eigenvalue weighted by Gasteiger charge is -2.09. The Morgan fingerprint density at radius 2 is 1.88 bits per heavy atom. The number of benzene rings is 2. The number of amides is 1. The van der Waals surface area contributed by atoms with Crippen LogP contribution in [0.4, 0.5) is 5.69 Å². The summed E-state index contributed by atoms with van der Waals surface area (Å²) < 4.78 is 11.4. The molecule has 0 radical (unpaired) electrons. The van der Waals surface area contributed by atoms with E-state index in [9.17, 15) is 4.79 Å². The third kappa shape index (κ3) is 4.09. The van der Waals surface area contributed by atoms with Gasteiger partial charge in [-0.25, -0.2) is 0 Å². The summed E-state index contributed by atoms with van der Waals surface area (Å²) in [5.74, 6) is 1.11. The molecule has 1 N–H and O–H groups in total. The molecular formula is C21H20ClNO3. The van der Waals surface area contributed by atoms with Crippen LogP contribution in [0.15, 0.2) is 52.9 Å². The number of furan rings is 1. The molecule has 5 heteroatoms. The summed E-state index contributed by atoms with van der Waals surface area (Å²) in [5, 5.41) is 3.42. The van der Waals surface area contributed by atoms with Crippen LogP contribution in [0, 0.1) is 20.8 Å². The van der Waals surface area contributed by atoms with Gasteiger partial charge in [0, 0.05) is 5.69 Å². The van der Waals surface area contributed by atoms with Crippen molar-refractivity contribution in [1.82, 2.24) is 0 Å².